The molecule has 1 heterocycles. The number of amides is 1. The van der Waals surface area contributed by atoms with E-state index in [-0.39, 0.29) is 18.5 Å². The zero-order valence-electron chi connectivity index (χ0n) is 10.1. The van der Waals surface area contributed by atoms with Gasteiger partial charge in [-0.05, 0) is 6.92 Å². The number of hydrogen-bond donors (Lipinski definition) is 2. The highest BCUT2D eigenvalue weighted by molar-refractivity contribution is 5.81. The van der Waals surface area contributed by atoms with E-state index in [0.717, 1.165) is 12.2 Å². The molecular weight excluding hydrogens is 218 g/mol. The number of carbonyl (C=O) groups is 1. The summed E-state index contributed by atoms with van der Waals surface area (Å²) in [4.78, 5) is 11.5. The van der Waals surface area contributed by atoms with E-state index in [1.165, 1.54) is 0 Å². The van der Waals surface area contributed by atoms with Crippen molar-refractivity contribution in [3.63, 3.8) is 0 Å². The highest BCUT2D eigenvalue weighted by atomic mass is 16.2. The van der Waals surface area contributed by atoms with Gasteiger partial charge in [0.1, 0.15) is 12.2 Å². The number of rotatable bonds is 6. The van der Waals surface area contributed by atoms with Crippen molar-refractivity contribution in [1.82, 2.24) is 25.4 Å². The summed E-state index contributed by atoms with van der Waals surface area (Å²) in [7, 11) is 1.89. The van der Waals surface area contributed by atoms with Crippen LogP contribution in [-0.4, -0.2) is 39.8 Å². The summed E-state index contributed by atoms with van der Waals surface area (Å²) in [5.41, 5.74) is 0. The molecular formula is C11H17N5O. The third-order valence-corrected chi connectivity index (χ3v) is 2.36. The molecule has 1 aromatic heterocycles. The number of nitrogens with one attached hydrogen (secondary N) is 2. The fourth-order valence-corrected chi connectivity index (χ4v) is 1.32. The zero-order valence-corrected chi connectivity index (χ0v) is 10.1. The van der Waals surface area contributed by atoms with Gasteiger partial charge in [0, 0.05) is 20.0 Å². The summed E-state index contributed by atoms with van der Waals surface area (Å²) in [6.07, 6.45) is 7.43. The van der Waals surface area contributed by atoms with Crippen LogP contribution in [-0.2, 0) is 18.3 Å². The monoisotopic (exact) mass is 235 g/mol. The Morgan fingerprint density at radius 1 is 1.71 bits per heavy atom. The first kappa shape index (κ1) is 13.2. The third kappa shape index (κ3) is 4.25. The molecule has 6 nitrogen and oxygen atoms in total. The molecule has 17 heavy (non-hydrogen) atoms. The Hall–Kier alpha value is -1.87. The molecule has 0 aliphatic carbocycles. The maximum atomic E-state index is 11.5. The van der Waals surface area contributed by atoms with Gasteiger partial charge in [-0.1, -0.05) is 5.92 Å². The van der Waals surface area contributed by atoms with E-state index in [0.29, 0.717) is 6.54 Å². The van der Waals surface area contributed by atoms with Crippen molar-refractivity contribution in [1.29, 1.82) is 0 Å². The van der Waals surface area contributed by atoms with Crippen LogP contribution in [0.2, 0.25) is 0 Å². The normalized spacial score (nSPS) is 11.8. The predicted molar refractivity (Wildman–Crippen MR) is 64.0 cm³/mol. The lowest BCUT2D eigenvalue weighted by molar-refractivity contribution is -0.122. The van der Waals surface area contributed by atoms with Gasteiger partial charge in [0.15, 0.2) is 0 Å². The topological polar surface area (TPSA) is 71.8 Å². The lowest BCUT2D eigenvalue weighted by Crippen LogP contribution is -2.43. The first-order valence-corrected chi connectivity index (χ1v) is 5.42. The fourth-order valence-electron chi connectivity index (χ4n) is 1.32. The van der Waals surface area contributed by atoms with Gasteiger partial charge in [0.05, 0.1) is 12.6 Å². The second-order valence-electron chi connectivity index (χ2n) is 3.71. The molecule has 0 aliphatic rings. The summed E-state index contributed by atoms with van der Waals surface area (Å²) in [6, 6.07) is -0.267. The molecule has 1 aromatic rings. The van der Waals surface area contributed by atoms with Crippen molar-refractivity contribution in [2.24, 2.45) is 7.05 Å². The number of aryl methyl sites for hydroxylation is 1. The average molecular weight is 235 g/mol. The molecule has 2 N–H and O–H groups in total. The van der Waals surface area contributed by atoms with E-state index in [9.17, 15) is 4.79 Å². The summed E-state index contributed by atoms with van der Waals surface area (Å²) in [5, 5.41) is 13.4. The van der Waals surface area contributed by atoms with Crippen LogP contribution in [0.4, 0.5) is 0 Å². The van der Waals surface area contributed by atoms with Crippen LogP contribution in [0.1, 0.15) is 12.7 Å². The van der Waals surface area contributed by atoms with Gasteiger partial charge in [-0.2, -0.15) is 0 Å². The minimum absolute atomic E-state index is 0.0964. The molecule has 1 amide bonds. The van der Waals surface area contributed by atoms with Gasteiger partial charge < -0.3 is 15.2 Å². The maximum Gasteiger partial charge on any atom is 0.237 e. The number of carbonyl (C=O) groups excluding carboxylic acids is 1. The minimum Gasteiger partial charge on any atom is -0.344 e. The Morgan fingerprint density at radius 2 is 2.47 bits per heavy atom. The fraction of sp³-hybridized carbons (Fsp3) is 0.545. The van der Waals surface area contributed by atoms with E-state index in [1.807, 2.05) is 11.6 Å². The van der Waals surface area contributed by atoms with Gasteiger partial charge in [-0.25, -0.2) is 0 Å². The van der Waals surface area contributed by atoms with Crippen LogP contribution < -0.4 is 10.6 Å². The smallest absolute Gasteiger partial charge is 0.237 e. The molecule has 6 heteroatoms. The maximum absolute atomic E-state index is 11.5. The van der Waals surface area contributed by atoms with Crippen molar-refractivity contribution in [3.05, 3.63) is 12.2 Å². The van der Waals surface area contributed by atoms with Crippen LogP contribution in [0.5, 0.6) is 0 Å². The number of terminal acetylenes is 1. The molecule has 0 saturated carbocycles. The van der Waals surface area contributed by atoms with E-state index in [2.05, 4.69) is 26.8 Å². The van der Waals surface area contributed by atoms with Gasteiger partial charge in [-0.15, -0.1) is 16.6 Å². The van der Waals surface area contributed by atoms with Crippen LogP contribution in [0.25, 0.3) is 0 Å². The second-order valence-corrected chi connectivity index (χ2v) is 3.71. The van der Waals surface area contributed by atoms with E-state index >= 15 is 0 Å². The second kappa shape index (κ2) is 6.66. The highest BCUT2D eigenvalue weighted by Crippen LogP contribution is 1.92. The average Bonchev–Trinajstić information content (AvgIpc) is 2.72. The number of aromatic nitrogens is 3. The van der Waals surface area contributed by atoms with Crippen LogP contribution in [0, 0.1) is 12.3 Å². The molecule has 0 spiro atoms. The Kier molecular flexibility index (Phi) is 5.17. The molecule has 0 radical (unpaired) electrons. The zero-order chi connectivity index (χ0) is 12.7. The summed E-state index contributed by atoms with van der Waals surface area (Å²) < 4.78 is 1.85. The van der Waals surface area contributed by atoms with Crippen LogP contribution in [0.3, 0.4) is 0 Å². The number of hydrogen-bond acceptors (Lipinski definition) is 4. The molecule has 0 saturated heterocycles. The first-order valence-electron chi connectivity index (χ1n) is 5.42. The predicted octanol–water partition coefficient (Wildman–Crippen LogP) is -0.915. The number of nitrogens with zero attached hydrogens (tertiary/aromatic N) is 3. The van der Waals surface area contributed by atoms with Gasteiger partial charge in [0.25, 0.3) is 0 Å². The van der Waals surface area contributed by atoms with E-state index < -0.39 is 0 Å². The lowest BCUT2D eigenvalue weighted by atomic mass is 10.3. The van der Waals surface area contributed by atoms with Gasteiger partial charge in [0.2, 0.25) is 5.91 Å². The Bertz CT molecular complexity index is 406. The minimum atomic E-state index is -0.267. The third-order valence-electron chi connectivity index (χ3n) is 2.36. The molecule has 0 fully saturated rings. The lowest BCUT2D eigenvalue weighted by Gasteiger charge is -2.12. The van der Waals surface area contributed by atoms with Crippen molar-refractivity contribution >= 4 is 5.91 Å². The Labute approximate surface area is 101 Å². The molecule has 92 valence electrons. The van der Waals surface area contributed by atoms with E-state index in [1.54, 1.807) is 13.3 Å². The largest absolute Gasteiger partial charge is 0.344 e. The molecule has 1 unspecified atom stereocenters. The van der Waals surface area contributed by atoms with Crippen LogP contribution in [0.15, 0.2) is 6.33 Å². The van der Waals surface area contributed by atoms with Crippen molar-refractivity contribution < 1.29 is 4.79 Å². The summed E-state index contributed by atoms with van der Waals surface area (Å²) in [5.74, 6) is 3.14. The highest BCUT2D eigenvalue weighted by Gasteiger charge is 2.11. The quantitative estimate of drug-likeness (QED) is 0.626. The van der Waals surface area contributed by atoms with Gasteiger partial charge >= 0.3 is 0 Å². The Balaban J connectivity index is 2.25. The standard InChI is InChI=1S/C11H17N5O/c1-4-6-13-11(17)9(2)12-7-5-10-15-14-8-16(10)3/h1,8-9,12H,5-7H2,2-3H3,(H,13,17). The van der Waals surface area contributed by atoms with E-state index in [4.69, 9.17) is 6.42 Å². The summed E-state index contributed by atoms with van der Waals surface area (Å²) in [6.45, 7) is 2.72. The molecule has 1 rings (SSSR count). The molecule has 0 bridgehead atoms. The van der Waals surface area contributed by atoms with Crippen molar-refractivity contribution in [2.45, 2.75) is 19.4 Å². The molecule has 0 aliphatic heterocycles. The van der Waals surface area contributed by atoms with Crippen LogP contribution >= 0.6 is 0 Å². The molecule has 0 aromatic carbocycles. The summed E-state index contributed by atoms with van der Waals surface area (Å²) >= 11 is 0. The first-order chi connectivity index (χ1) is 8.15. The SMILES string of the molecule is C#CCNC(=O)C(C)NCCc1nncn1C. The molecule has 1 atom stereocenters. The van der Waals surface area contributed by atoms with Crippen molar-refractivity contribution in [3.8, 4) is 12.3 Å². The Morgan fingerprint density at radius 3 is 3.06 bits per heavy atom. The van der Waals surface area contributed by atoms with Gasteiger partial charge in [-0.3, -0.25) is 4.79 Å². The van der Waals surface area contributed by atoms with Crippen molar-refractivity contribution in [2.75, 3.05) is 13.1 Å².